The second-order valence-electron chi connectivity index (χ2n) is 4.31. The molecule has 0 radical (unpaired) electrons. The fourth-order valence-corrected chi connectivity index (χ4v) is 1.72. The van der Waals surface area contributed by atoms with Crippen molar-refractivity contribution in [3.8, 4) is 0 Å². The number of carbonyl (C=O) groups excluding carboxylic acids is 1. The van der Waals surface area contributed by atoms with E-state index in [1.165, 1.54) is 12.3 Å². The topological polar surface area (TPSA) is 90.0 Å². The predicted octanol–water partition coefficient (Wildman–Crippen LogP) is 1.43. The first-order valence-electron chi connectivity index (χ1n) is 5.84. The molecule has 0 saturated carbocycles. The third kappa shape index (κ3) is 3.36. The van der Waals surface area contributed by atoms with Crippen molar-refractivity contribution in [2.45, 2.75) is 13.5 Å². The molecule has 0 atom stereocenters. The molecular weight excluding hydrogens is 280 g/mol. The summed E-state index contributed by atoms with van der Waals surface area (Å²) < 4.78 is 1.08. The Bertz CT molecular complexity index is 712. The monoisotopic (exact) mass is 292 g/mol. The molecule has 0 spiro atoms. The van der Waals surface area contributed by atoms with E-state index < -0.39 is 0 Å². The number of nitrogens with zero attached hydrogens (tertiary/aromatic N) is 2. The first-order chi connectivity index (χ1) is 9.45. The van der Waals surface area contributed by atoms with Gasteiger partial charge in [-0.1, -0.05) is 11.6 Å². The van der Waals surface area contributed by atoms with Gasteiger partial charge in [0, 0.05) is 11.8 Å². The Labute approximate surface area is 120 Å². The number of nitrogens with two attached hydrogens (primary N) is 1. The average Bonchev–Trinajstić information content (AvgIpc) is 2.37. The molecule has 0 fully saturated rings. The molecule has 20 heavy (non-hydrogen) atoms. The number of nitrogen functional groups attached to an aromatic ring is 1. The quantitative estimate of drug-likeness (QED) is 0.837. The third-order valence-electron chi connectivity index (χ3n) is 2.58. The van der Waals surface area contributed by atoms with Crippen LogP contribution in [0.3, 0.4) is 0 Å². The molecule has 7 heteroatoms. The van der Waals surface area contributed by atoms with Crippen LogP contribution in [0.2, 0.25) is 5.02 Å². The van der Waals surface area contributed by atoms with Crippen molar-refractivity contribution in [2.24, 2.45) is 0 Å². The Morgan fingerprint density at radius 1 is 1.45 bits per heavy atom. The van der Waals surface area contributed by atoms with Crippen LogP contribution in [0.5, 0.6) is 0 Å². The molecule has 104 valence electrons. The zero-order chi connectivity index (χ0) is 14.7. The summed E-state index contributed by atoms with van der Waals surface area (Å²) in [5.41, 5.74) is 6.94. The number of carbonyl (C=O) groups is 1. The second kappa shape index (κ2) is 5.75. The standard InChI is InChI=1S/C13H13ClN4O2/c1-8-4-13(20)18(16-6-8)7-12(19)17-9-2-3-10(14)11(15)5-9/h2-6H,7,15H2,1H3,(H,17,19). The van der Waals surface area contributed by atoms with Crippen molar-refractivity contribution in [1.82, 2.24) is 9.78 Å². The molecule has 2 aromatic rings. The molecule has 0 bridgehead atoms. The lowest BCUT2D eigenvalue weighted by Crippen LogP contribution is -2.29. The van der Waals surface area contributed by atoms with E-state index in [2.05, 4.69) is 10.4 Å². The Kier molecular flexibility index (Phi) is 4.05. The van der Waals surface area contributed by atoms with Gasteiger partial charge in [0.2, 0.25) is 5.91 Å². The number of amides is 1. The van der Waals surface area contributed by atoms with Crippen molar-refractivity contribution in [3.63, 3.8) is 0 Å². The van der Waals surface area contributed by atoms with E-state index in [1.54, 1.807) is 25.1 Å². The first kappa shape index (κ1) is 14.1. The molecule has 3 N–H and O–H groups in total. The summed E-state index contributed by atoms with van der Waals surface area (Å²) in [7, 11) is 0. The maximum atomic E-state index is 11.8. The van der Waals surface area contributed by atoms with E-state index in [-0.39, 0.29) is 18.0 Å². The highest BCUT2D eigenvalue weighted by Crippen LogP contribution is 2.22. The number of nitrogens with one attached hydrogen (secondary N) is 1. The van der Waals surface area contributed by atoms with E-state index in [0.29, 0.717) is 16.4 Å². The normalized spacial score (nSPS) is 10.3. The number of aryl methyl sites for hydroxylation is 1. The smallest absolute Gasteiger partial charge is 0.267 e. The van der Waals surface area contributed by atoms with Crippen LogP contribution in [0.4, 0.5) is 11.4 Å². The Morgan fingerprint density at radius 2 is 2.20 bits per heavy atom. The van der Waals surface area contributed by atoms with E-state index in [0.717, 1.165) is 10.2 Å². The summed E-state index contributed by atoms with van der Waals surface area (Å²) in [6, 6.07) is 6.18. The van der Waals surface area contributed by atoms with Crippen LogP contribution < -0.4 is 16.6 Å². The van der Waals surface area contributed by atoms with E-state index in [9.17, 15) is 9.59 Å². The van der Waals surface area contributed by atoms with Gasteiger partial charge >= 0.3 is 0 Å². The molecule has 1 aromatic carbocycles. The molecule has 0 aliphatic heterocycles. The lowest BCUT2D eigenvalue weighted by Gasteiger charge is -2.08. The summed E-state index contributed by atoms with van der Waals surface area (Å²) in [5.74, 6) is -0.370. The summed E-state index contributed by atoms with van der Waals surface area (Å²) in [5, 5.41) is 6.93. The van der Waals surface area contributed by atoms with Gasteiger partial charge in [-0.3, -0.25) is 9.59 Å². The number of rotatable bonds is 3. The number of benzene rings is 1. The van der Waals surface area contributed by atoms with Gasteiger partial charge in [-0.25, -0.2) is 4.68 Å². The van der Waals surface area contributed by atoms with Crippen LogP contribution in [0.25, 0.3) is 0 Å². The summed E-state index contributed by atoms with van der Waals surface area (Å²) in [6.45, 7) is 1.59. The van der Waals surface area contributed by atoms with Gasteiger partial charge in [0.25, 0.3) is 5.56 Å². The number of hydrogen-bond acceptors (Lipinski definition) is 4. The van der Waals surface area contributed by atoms with Gasteiger partial charge in [-0.05, 0) is 30.7 Å². The highest BCUT2D eigenvalue weighted by Gasteiger charge is 2.07. The number of aromatic nitrogens is 2. The van der Waals surface area contributed by atoms with E-state index in [4.69, 9.17) is 17.3 Å². The van der Waals surface area contributed by atoms with E-state index >= 15 is 0 Å². The lowest BCUT2D eigenvalue weighted by atomic mass is 10.3. The van der Waals surface area contributed by atoms with Crippen LogP contribution in [0.15, 0.2) is 35.3 Å². The van der Waals surface area contributed by atoms with Crippen LogP contribution in [0.1, 0.15) is 5.56 Å². The number of anilines is 2. The molecule has 0 unspecified atom stereocenters. The zero-order valence-electron chi connectivity index (χ0n) is 10.8. The lowest BCUT2D eigenvalue weighted by molar-refractivity contribution is -0.117. The Hall–Kier alpha value is -2.34. The molecular formula is C13H13ClN4O2. The maximum absolute atomic E-state index is 11.8. The van der Waals surface area contributed by atoms with Gasteiger partial charge in [0.05, 0.1) is 16.9 Å². The second-order valence-corrected chi connectivity index (χ2v) is 4.72. The maximum Gasteiger partial charge on any atom is 0.267 e. The fraction of sp³-hybridized carbons (Fsp3) is 0.154. The van der Waals surface area contributed by atoms with Gasteiger partial charge in [0.1, 0.15) is 6.54 Å². The molecule has 0 aliphatic carbocycles. The van der Waals surface area contributed by atoms with Crippen molar-refractivity contribution < 1.29 is 4.79 Å². The minimum Gasteiger partial charge on any atom is -0.397 e. The minimum absolute atomic E-state index is 0.165. The van der Waals surface area contributed by atoms with Crippen molar-refractivity contribution in [1.29, 1.82) is 0 Å². The minimum atomic E-state index is -0.370. The third-order valence-corrected chi connectivity index (χ3v) is 2.92. The van der Waals surface area contributed by atoms with Gasteiger partial charge in [-0.15, -0.1) is 0 Å². The van der Waals surface area contributed by atoms with E-state index in [1.807, 2.05) is 0 Å². The molecule has 1 heterocycles. The van der Waals surface area contributed by atoms with Crippen LogP contribution in [-0.4, -0.2) is 15.7 Å². The van der Waals surface area contributed by atoms with Gasteiger partial charge in [-0.2, -0.15) is 5.10 Å². The molecule has 0 aliphatic rings. The molecule has 1 amide bonds. The van der Waals surface area contributed by atoms with Crippen molar-refractivity contribution >= 4 is 28.9 Å². The fourth-order valence-electron chi connectivity index (χ4n) is 1.60. The highest BCUT2D eigenvalue weighted by atomic mass is 35.5. The molecule has 2 rings (SSSR count). The predicted molar refractivity (Wildman–Crippen MR) is 77.7 cm³/mol. The molecule has 1 aromatic heterocycles. The first-order valence-corrected chi connectivity index (χ1v) is 6.22. The summed E-state index contributed by atoms with van der Waals surface area (Å²) in [6.07, 6.45) is 1.52. The number of hydrogen-bond donors (Lipinski definition) is 2. The molecule has 0 saturated heterocycles. The van der Waals surface area contributed by atoms with Gasteiger partial charge < -0.3 is 11.1 Å². The van der Waals surface area contributed by atoms with Crippen molar-refractivity contribution in [3.05, 3.63) is 51.4 Å². The van der Waals surface area contributed by atoms with Crippen molar-refractivity contribution in [2.75, 3.05) is 11.1 Å². The Morgan fingerprint density at radius 3 is 2.85 bits per heavy atom. The summed E-state index contributed by atoms with van der Waals surface area (Å²) in [4.78, 5) is 23.4. The highest BCUT2D eigenvalue weighted by molar-refractivity contribution is 6.33. The average molecular weight is 293 g/mol. The molecule has 6 nitrogen and oxygen atoms in total. The van der Waals surface area contributed by atoms with Crippen LogP contribution >= 0.6 is 11.6 Å². The summed E-state index contributed by atoms with van der Waals surface area (Å²) >= 11 is 5.79. The zero-order valence-corrected chi connectivity index (χ0v) is 11.5. The number of halogens is 1. The largest absolute Gasteiger partial charge is 0.397 e. The van der Waals surface area contributed by atoms with Crippen LogP contribution in [-0.2, 0) is 11.3 Å². The van der Waals surface area contributed by atoms with Gasteiger partial charge in [0.15, 0.2) is 0 Å². The Balaban J connectivity index is 2.09. The SMILES string of the molecule is Cc1cnn(CC(=O)Nc2ccc(Cl)c(N)c2)c(=O)c1. The van der Waals surface area contributed by atoms with Crippen LogP contribution in [0, 0.1) is 6.92 Å².